The van der Waals surface area contributed by atoms with Gasteiger partial charge in [-0.15, -0.1) is 0 Å². The molecule has 0 aliphatic carbocycles. The Balaban J connectivity index is 1.55. The lowest BCUT2D eigenvalue weighted by atomic mass is 9.80. The van der Waals surface area contributed by atoms with E-state index in [9.17, 15) is 5.26 Å². The van der Waals surface area contributed by atoms with Gasteiger partial charge in [0.2, 0.25) is 0 Å². The van der Waals surface area contributed by atoms with E-state index in [1.54, 1.807) is 0 Å². The van der Waals surface area contributed by atoms with Crippen LogP contribution in [-0.2, 0) is 29.3 Å². The smallest absolute Gasteiger partial charge is 0.164 e. The van der Waals surface area contributed by atoms with Crippen LogP contribution in [0.3, 0.4) is 0 Å². The SMILES string of the molecule is CO/C=C(\C#N)C1O[C@H](COC(c2ccccc2)(c2ccccc2)c2ccccc2)[C@H]2OC(C)(C)O[C@@H]12. The van der Waals surface area contributed by atoms with E-state index in [2.05, 4.69) is 42.5 Å². The molecular formula is C31H31NO5. The topological polar surface area (TPSA) is 69.9 Å². The monoisotopic (exact) mass is 497 g/mol. The second kappa shape index (κ2) is 10.5. The van der Waals surface area contributed by atoms with E-state index >= 15 is 0 Å². The van der Waals surface area contributed by atoms with Gasteiger partial charge >= 0.3 is 0 Å². The van der Waals surface area contributed by atoms with E-state index in [0.29, 0.717) is 5.57 Å². The molecular weight excluding hydrogens is 466 g/mol. The molecule has 0 aromatic heterocycles. The van der Waals surface area contributed by atoms with Crippen molar-refractivity contribution in [3.8, 4) is 6.07 Å². The summed E-state index contributed by atoms with van der Waals surface area (Å²) in [6.45, 7) is 3.95. The van der Waals surface area contributed by atoms with E-state index in [1.165, 1.54) is 13.4 Å². The molecule has 2 heterocycles. The van der Waals surface area contributed by atoms with E-state index in [-0.39, 0.29) is 6.61 Å². The Morgan fingerprint density at radius 2 is 1.35 bits per heavy atom. The molecule has 0 bridgehead atoms. The summed E-state index contributed by atoms with van der Waals surface area (Å²) in [5.74, 6) is -0.807. The Morgan fingerprint density at radius 3 is 1.81 bits per heavy atom. The van der Waals surface area contributed by atoms with Gasteiger partial charge in [-0.1, -0.05) is 91.0 Å². The van der Waals surface area contributed by atoms with E-state index in [1.807, 2.05) is 68.4 Å². The van der Waals surface area contributed by atoms with Gasteiger partial charge in [0.05, 0.1) is 25.6 Å². The third kappa shape index (κ3) is 4.79. The number of hydrogen-bond donors (Lipinski definition) is 0. The molecule has 3 aromatic rings. The molecule has 5 rings (SSSR count). The first-order valence-electron chi connectivity index (χ1n) is 12.4. The number of methoxy groups -OCH3 is 1. The molecule has 0 amide bonds. The van der Waals surface area contributed by atoms with Crippen LogP contribution in [0.5, 0.6) is 0 Å². The third-order valence-electron chi connectivity index (χ3n) is 6.84. The summed E-state index contributed by atoms with van der Waals surface area (Å²) in [4.78, 5) is 0. The number of nitriles is 1. The van der Waals surface area contributed by atoms with Crippen molar-refractivity contribution < 1.29 is 23.7 Å². The molecule has 6 heteroatoms. The van der Waals surface area contributed by atoms with Crippen LogP contribution in [0.25, 0.3) is 0 Å². The van der Waals surface area contributed by atoms with Gasteiger partial charge in [-0.25, -0.2) is 0 Å². The highest BCUT2D eigenvalue weighted by Gasteiger charge is 2.57. The Labute approximate surface area is 218 Å². The number of ether oxygens (including phenoxy) is 5. The molecule has 3 aromatic carbocycles. The van der Waals surface area contributed by atoms with Crippen LogP contribution in [0, 0.1) is 11.3 Å². The minimum absolute atomic E-state index is 0.210. The van der Waals surface area contributed by atoms with Gasteiger partial charge in [-0.2, -0.15) is 5.26 Å². The van der Waals surface area contributed by atoms with Gasteiger partial charge in [-0.05, 0) is 30.5 Å². The molecule has 6 nitrogen and oxygen atoms in total. The summed E-state index contributed by atoms with van der Waals surface area (Å²) < 4.78 is 30.9. The van der Waals surface area contributed by atoms with Crippen LogP contribution < -0.4 is 0 Å². The lowest BCUT2D eigenvalue weighted by Gasteiger charge is -2.37. The zero-order valence-corrected chi connectivity index (χ0v) is 21.2. The normalized spacial score (nSPS) is 24.9. The molecule has 0 N–H and O–H groups in total. The van der Waals surface area contributed by atoms with Crippen molar-refractivity contribution >= 4 is 0 Å². The van der Waals surface area contributed by atoms with Gasteiger partial charge in [0.15, 0.2) is 5.79 Å². The molecule has 190 valence electrons. The quantitative estimate of drug-likeness (QED) is 0.238. The largest absolute Gasteiger partial charge is 0.503 e. The minimum Gasteiger partial charge on any atom is -0.503 e. The first-order chi connectivity index (χ1) is 18.0. The van der Waals surface area contributed by atoms with Crippen LogP contribution in [0.2, 0.25) is 0 Å². The third-order valence-corrected chi connectivity index (χ3v) is 6.84. The fraction of sp³-hybridized carbons (Fsp3) is 0.323. The highest BCUT2D eigenvalue weighted by Crippen LogP contribution is 2.44. The highest BCUT2D eigenvalue weighted by molar-refractivity contribution is 5.47. The van der Waals surface area contributed by atoms with Crippen LogP contribution in [0.1, 0.15) is 30.5 Å². The van der Waals surface area contributed by atoms with E-state index in [0.717, 1.165) is 16.7 Å². The van der Waals surface area contributed by atoms with Crippen molar-refractivity contribution in [1.82, 2.24) is 0 Å². The van der Waals surface area contributed by atoms with Crippen molar-refractivity contribution in [3.05, 3.63) is 120 Å². The van der Waals surface area contributed by atoms with Gasteiger partial charge < -0.3 is 23.7 Å². The second-order valence-corrected chi connectivity index (χ2v) is 9.67. The zero-order valence-electron chi connectivity index (χ0n) is 21.2. The first kappa shape index (κ1) is 25.2. The number of rotatable bonds is 8. The highest BCUT2D eigenvalue weighted by atomic mass is 16.8. The van der Waals surface area contributed by atoms with Crippen molar-refractivity contribution in [1.29, 1.82) is 5.26 Å². The maximum atomic E-state index is 9.75. The average Bonchev–Trinajstić information content (AvgIpc) is 3.42. The molecule has 37 heavy (non-hydrogen) atoms. The number of hydrogen-bond acceptors (Lipinski definition) is 6. The molecule has 2 aliphatic heterocycles. The van der Waals surface area contributed by atoms with E-state index < -0.39 is 35.8 Å². The summed E-state index contributed by atoms with van der Waals surface area (Å²) in [5.41, 5.74) is 2.45. The van der Waals surface area contributed by atoms with Crippen LogP contribution >= 0.6 is 0 Å². The molecule has 1 unspecified atom stereocenters. The summed E-state index contributed by atoms with van der Waals surface area (Å²) in [7, 11) is 1.51. The molecule has 0 radical (unpaired) electrons. The van der Waals surface area contributed by atoms with Gasteiger partial charge in [0.25, 0.3) is 0 Å². The molecule has 0 saturated carbocycles. The summed E-state index contributed by atoms with van der Waals surface area (Å²) in [5, 5.41) is 9.75. The molecule has 4 atom stereocenters. The Morgan fingerprint density at radius 1 is 0.865 bits per heavy atom. The fourth-order valence-corrected chi connectivity index (χ4v) is 5.33. The Hall–Kier alpha value is -3.47. The van der Waals surface area contributed by atoms with Crippen molar-refractivity contribution in [3.63, 3.8) is 0 Å². The maximum absolute atomic E-state index is 9.75. The lowest BCUT2D eigenvalue weighted by molar-refractivity contribution is -0.191. The maximum Gasteiger partial charge on any atom is 0.164 e. The number of nitrogens with zero attached hydrogens (tertiary/aromatic N) is 1. The Bertz CT molecular complexity index is 1160. The summed E-state index contributed by atoms with van der Waals surface area (Å²) in [6, 6.07) is 32.7. The van der Waals surface area contributed by atoms with Gasteiger partial charge in [0, 0.05) is 0 Å². The number of fused-ring (bicyclic) bond motifs is 1. The lowest BCUT2D eigenvalue weighted by Crippen LogP contribution is -2.39. The van der Waals surface area contributed by atoms with Crippen molar-refractivity contribution in [2.24, 2.45) is 0 Å². The Kier molecular flexibility index (Phi) is 7.14. The molecule has 2 saturated heterocycles. The molecule has 0 spiro atoms. The summed E-state index contributed by atoms with van der Waals surface area (Å²) in [6.07, 6.45) is -0.550. The minimum atomic E-state index is -0.893. The van der Waals surface area contributed by atoms with Crippen LogP contribution in [0.4, 0.5) is 0 Å². The average molecular weight is 498 g/mol. The standard InChI is InChI=1S/C31H31NO5/c1-30(2)36-28-26(35-27(29(28)37-30)22(19-32)20-33-3)21-34-31(23-13-7-4-8-14-23,24-15-9-5-10-16-24)25-17-11-6-12-18-25/h4-18,20,26-29H,21H2,1-3H3/b22-20+/t26-,27?,28-,29+/m1/s1. The fourth-order valence-electron chi connectivity index (χ4n) is 5.33. The van der Waals surface area contributed by atoms with Gasteiger partial charge in [-0.3, -0.25) is 0 Å². The predicted molar refractivity (Wildman–Crippen MR) is 138 cm³/mol. The van der Waals surface area contributed by atoms with Crippen LogP contribution in [-0.4, -0.2) is 43.9 Å². The molecule has 2 fully saturated rings. The molecule has 2 aliphatic rings. The number of benzene rings is 3. The van der Waals surface area contributed by atoms with Crippen molar-refractivity contribution in [2.45, 2.75) is 49.7 Å². The van der Waals surface area contributed by atoms with E-state index in [4.69, 9.17) is 23.7 Å². The zero-order chi connectivity index (χ0) is 25.9. The van der Waals surface area contributed by atoms with Gasteiger partial charge in [0.1, 0.15) is 36.1 Å². The predicted octanol–water partition coefficient (Wildman–Crippen LogP) is 5.34. The van der Waals surface area contributed by atoms with Crippen LogP contribution in [0.15, 0.2) is 103 Å². The second-order valence-electron chi connectivity index (χ2n) is 9.67. The van der Waals surface area contributed by atoms with Crippen molar-refractivity contribution in [2.75, 3.05) is 13.7 Å². The summed E-state index contributed by atoms with van der Waals surface area (Å²) >= 11 is 0. The first-order valence-corrected chi connectivity index (χ1v) is 12.4.